The van der Waals surface area contributed by atoms with Crippen molar-refractivity contribution in [1.82, 2.24) is 19.5 Å². The molecule has 0 aromatic carbocycles. The molecule has 1 fully saturated rings. The molecule has 6 heteroatoms. The summed E-state index contributed by atoms with van der Waals surface area (Å²) in [7, 11) is 1.94. The molecule has 19 heavy (non-hydrogen) atoms. The SMILES string of the molecule is CC(O)C1CCN(c2ncc3ncn(C)c3n2)CC1. The summed E-state index contributed by atoms with van der Waals surface area (Å²) >= 11 is 0. The van der Waals surface area contributed by atoms with Crippen molar-refractivity contribution in [3.8, 4) is 0 Å². The first kappa shape index (κ1) is 12.3. The van der Waals surface area contributed by atoms with E-state index < -0.39 is 0 Å². The van der Waals surface area contributed by atoms with Crippen molar-refractivity contribution in [3.63, 3.8) is 0 Å². The van der Waals surface area contributed by atoms with Crippen LogP contribution in [0.1, 0.15) is 19.8 Å². The molecule has 1 unspecified atom stereocenters. The van der Waals surface area contributed by atoms with Crippen molar-refractivity contribution in [2.45, 2.75) is 25.9 Å². The topological polar surface area (TPSA) is 67.1 Å². The second-order valence-corrected chi connectivity index (χ2v) is 5.30. The van der Waals surface area contributed by atoms with Gasteiger partial charge in [0.05, 0.1) is 18.6 Å². The van der Waals surface area contributed by atoms with Gasteiger partial charge in [-0.05, 0) is 25.7 Å². The fraction of sp³-hybridized carbons (Fsp3) is 0.615. The Balaban J connectivity index is 1.79. The minimum absolute atomic E-state index is 0.220. The van der Waals surface area contributed by atoms with E-state index in [1.807, 2.05) is 18.5 Å². The van der Waals surface area contributed by atoms with E-state index in [9.17, 15) is 5.11 Å². The normalized spacial score (nSPS) is 19.0. The number of anilines is 1. The maximum atomic E-state index is 9.62. The van der Waals surface area contributed by atoms with E-state index in [2.05, 4.69) is 19.9 Å². The lowest BCUT2D eigenvalue weighted by molar-refractivity contribution is 0.109. The Morgan fingerprint density at radius 1 is 1.32 bits per heavy atom. The van der Waals surface area contributed by atoms with Crippen LogP contribution in [-0.4, -0.2) is 43.8 Å². The lowest BCUT2D eigenvalue weighted by Crippen LogP contribution is -2.37. The summed E-state index contributed by atoms with van der Waals surface area (Å²) < 4.78 is 1.91. The second-order valence-electron chi connectivity index (χ2n) is 5.30. The molecular weight excluding hydrogens is 242 g/mol. The number of piperidine rings is 1. The minimum atomic E-state index is -0.220. The summed E-state index contributed by atoms with van der Waals surface area (Å²) in [6.07, 6.45) is 5.29. The molecule has 1 saturated heterocycles. The van der Waals surface area contributed by atoms with Crippen molar-refractivity contribution in [1.29, 1.82) is 0 Å². The fourth-order valence-electron chi connectivity index (χ4n) is 2.65. The molecule has 0 amide bonds. The zero-order valence-electron chi connectivity index (χ0n) is 11.3. The van der Waals surface area contributed by atoms with Gasteiger partial charge >= 0.3 is 0 Å². The van der Waals surface area contributed by atoms with Gasteiger partial charge in [-0.25, -0.2) is 9.97 Å². The number of hydrogen-bond donors (Lipinski definition) is 1. The third-order valence-corrected chi connectivity index (χ3v) is 3.95. The van der Waals surface area contributed by atoms with Crippen LogP contribution in [0.4, 0.5) is 5.95 Å². The van der Waals surface area contributed by atoms with Crippen molar-refractivity contribution in [2.75, 3.05) is 18.0 Å². The molecule has 1 aliphatic rings. The van der Waals surface area contributed by atoms with Gasteiger partial charge in [0, 0.05) is 20.1 Å². The first-order chi connectivity index (χ1) is 9.15. The van der Waals surface area contributed by atoms with Crippen LogP contribution in [-0.2, 0) is 7.05 Å². The fourth-order valence-corrected chi connectivity index (χ4v) is 2.65. The molecule has 3 heterocycles. The largest absolute Gasteiger partial charge is 0.393 e. The Morgan fingerprint density at radius 3 is 2.74 bits per heavy atom. The van der Waals surface area contributed by atoms with E-state index in [-0.39, 0.29) is 6.10 Å². The molecule has 1 atom stereocenters. The van der Waals surface area contributed by atoms with Crippen LogP contribution >= 0.6 is 0 Å². The number of aliphatic hydroxyl groups excluding tert-OH is 1. The quantitative estimate of drug-likeness (QED) is 0.872. The van der Waals surface area contributed by atoms with E-state index in [1.54, 1.807) is 12.5 Å². The molecule has 1 aliphatic heterocycles. The average Bonchev–Trinajstić information content (AvgIpc) is 2.80. The van der Waals surface area contributed by atoms with E-state index in [4.69, 9.17) is 0 Å². The van der Waals surface area contributed by atoms with Gasteiger partial charge in [0.1, 0.15) is 5.52 Å². The molecule has 3 rings (SSSR count). The van der Waals surface area contributed by atoms with Crippen molar-refractivity contribution in [2.24, 2.45) is 13.0 Å². The van der Waals surface area contributed by atoms with Crippen molar-refractivity contribution < 1.29 is 5.11 Å². The lowest BCUT2D eigenvalue weighted by atomic mass is 9.92. The number of aryl methyl sites for hydroxylation is 1. The third-order valence-electron chi connectivity index (χ3n) is 3.95. The summed E-state index contributed by atoms with van der Waals surface area (Å²) in [6.45, 7) is 3.68. The van der Waals surface area contributed by atoms with Gasteiger partial charge in [-0.15, -0.1) is 0 Å². The highest BCUT2D eigenvalue weighted by molar-refractivity contribution is 5.70. The molecule has 0 bridgehead atoms. The number of imidazole rings is 1. The van der Waals surface area contributed by atoms with Crippen molar-refractivity contribution >= 4 is 17.1 Å². The number of rotatable bonds is 2. The highest BCUT2D eigenvalue weighted by Crippen LogP contribution is 2.23. The van der Waals surface area contributed by atoms with Crippen LogP contribution in [0.5, 0.6) is 0 Å². The Kier molecular flexibility index (Phi) is 3.10. The van der Waals surface area contributed by atoms with Crippen LogP contribution in [0.25, 0.3) is 11.2 Å². The number of fused-ring (bicyclic) bond motifs is 1. The Bertz CT molecular complexity index is 571. The molecule has 2 aromatic rings. The predicted octanol–water partition coefficient (Wildman–Crippen LogP) is 0.960. The zero-order chi connectivity index (χ0) is 13.4. The first-order valence-corrected chi connectivity index (χ1v) is 6.72. The number of nitrogens with zero attached hydrogens (tertiary/aromatic N) is 5. The van der Waals surface area contributed by atoms with E-state index in [0.29, 0.717) is 5.92 Å². The van der Waals surface area contributed by atoms with Gasteiger partial charge < -0.3 is 14.6 Å². The van der Waals surface area contributed by atoms with Gasteiger partial charge in [-0.3, -0.25) is 0 Å². The van der Waals surface area contributed by atoms with Crippen LogP contribution in [0, 0.1) is 5.92 Å². The van der Waals surface area contributed by atoms with Crippen LogP contribution in [0.15, 0.2) is 12.5 Å². The average molecular weight is 261 g/mol. The van der Waals surface area contributed by atoms with Crippen molar-refractivity contribution in [3.05, 3.63) is 12.5 Å². The molecule has 0 radical (unpaired) electrons. The summed E-state index contributed by atoms with van der Waals surface area (Å²) in [5, 5.41) is 9.62. The Labute approximate surface area is 112 Å². The summed E-state index contributed by atoms with van der Waals surface area (Å²) in [5.74, 6) is 1.16. The first-order valence-electron chi connectivity index (χ1n) is 6.72. The molecular formula is C13H19N5O. The standard InChI is InChI=1S/C13H19N5O/c1-9(19)10-3-5-18(6-4-10)13-14-7-11-12(16-13)17(2)8-15-11/h7-10,19H,3-6H2,1-2H3. The Morgan fingerprint density at radius 2 is 2.05 bits per heavy atom. The van der Waals surface area contributed by atoms with Crippen LogP contribution in [0.3, 0.4) is 0 Å². The maximum Gasteiger partial charge on any atom is 0.227 e. The number of aromatic nitrogens is 4. The molecule has 6 nitrogen and oxygen atoms in total. The van der Waals surface area contributed by atoms with Gasteiger partial charge in [0.15, 0.2) is 5.65 Å². The smallest absolute Gasteiger partial charge is 0.227 e. The van der Waals surface area contributed by atoms with Gasteiger partial charge in [-0.1, -0.05) is 0 Å². The van der Waals surface area contributed by atoms with E-state index in [1.165, 1.54) is 0 Å². The van der Waals surface area contributed by atoms with Crippen LogP contribution < -0.4 is 4.90 Å². The monoisotopic (exact) mass is 261 g/mol. The number of aliphatic hydroxyl groups is 1. The molecule has 2 aromatic heterocycles. The molecule has 0 spiro atoms. The summed E-state index contributed by atoms with van der Waals surface area (Å²) in [6, 6.07) is 0. The van der Waals surface area contributed by atoms with E-state index >= 15 is 0 Å². The maximum absolute atomic E-state index is 9.62. The van der Waals surface area contributed by atoms with Gasteiger partial charge in [0.25, 0.3) is 0 Å². The molecule has 0 aliphatic carbocycles. The highest BCUT2D eigenvalue weighted by atomic mass is 16.3. The summed E-state index contributed by atoms with van der Waals surface area (Å²) in [4.78, 5) is 15.4. The number of hydrogen-bond acceptors (Lipinski definition) is 5. The molecule has 102 valence electrons. The second kappa shape index (κ2) is 4.77. The molecule has 0 saturated carbocycles. The predicted molar refractivity (Wildman–Crippen MR) is 72.9 cm³/mol. The minimum Gasteiger partial charge on any atom is -0.393 e. The van der Waals surface area contributed by atoms with E-state index in [0.717, 1.165) is 43.0 Å². The lowest BCUT2D eigenvalue weighted by Gasteiger charge is -2.33. The molecule has 1 N–H and O–H groups in total. The third kappa shape index (κ3) is 2.28. The Hall–Kier alpha value is -1.69. The highest BCUT2D eigenvalue weighted by Gasteiger charge is 2.24. The van der Waals surface area contributed by atoms with Gasteiger partial charge in [-0.2, -0.15) is 4.98 Å². The van der Waals surface area contributed by atoms with Gasteiger partial charge in [0.2, 0.25) is 5.95 Å². The zero-order valence-corrected chi connectivity index (χ0v) is 11.3. The summed E-state index contributed by atoms with van der Waals surface area (Å²) in [5.41, 5.74) is 1.69. The van der Waals surface area contributed by atoms with Crippen LogP contribution in [0.2, 0.25) is 0 Å².